The van der Waals surface area contributed by atoms with Crippen LogP contribution >= 0.6 is 43.2 Å². The average molecular weight is 366 g/mol. The van der Waals surface area contributed by atoms with Gasteiger partial charge in [0.2, 0.25) is 0 Å². The predicted octanol–water partition coefficient (Wildman–Crippen LogP) is 4.53. The van der Waals surface area contributed by atoms with Crippen molar-refractivity contribution < 1.29 is 9.52 Å². The molecular formula is C11H10Br2O2S. The van der Waals surface area contributed by atoms with E-state index in [4.69, 9.17) is 4.42 Å². The molecule has 2 aromatic rings. The molecule has 0 aliphatic rings. The number of halogens is 2. The zero-order valence-electron chi connectivity index (χ0n) is 8.32. The third-order valence-electron chi connectivity index (χ3n) is 2.28. The molecule has 1 atom stereocenters. The second-order valence-corrected chi connectivity index (χ2v) is 5.81. The summed E-state index contributed by atoms with van der Waals surface area (Å²) >= 11 is 8.25. The largest absolute Gasteiger partial charge is 0.450 e. The van der Waals surface area contributed by atoms with Crippen LogP contribution in [0.2, 0.25) is 0 Å². The molecule has 0 spiro atoms. The van der Waals surface area contributed by atoms with Crippen molar-refractivity contribution in [3.8, 4) is 0 Å². The summed E-state index contributed by atoms with van der Waals surface area (Å²) in [5.74, 6) is 0.592. The Morgan fingerprint density at radius 2 is 2.25 bits per heavy atom. The molecule has 0 amide bonds. The summed E-state index contributed by atoms with van der Waals surface area (Å²) in [5.41, 5.74) is 1.26. The van der Waals surface area contributed by atoms with Gasteiger partial charge >= 0.3 is 0 Å². The van der Waals surface area contributed by atoms with Crippen molar-refractivity contribution >= 4 is 43.2 Å². The molecule has 2 heterocycles. The maximum absolute atomic E-state index is 9.93. The molecule has 0 bridgehead atoms. The van der Waals surface area contributed by atoms with Crippen LogP contribution in [0.3, 0.4) is 0 Å². The number of hydrogen-bond donors (Lipinski definition) is 1. The van der Waals surface area contributed by atoms with Crippen LogP contribution in [0.15, 0.2) is 36.5 Å². The van der Waals surface area contributed by atoms with Crippen molar-refractivity contribution in [2.75, 3.05) is 0 Å². The lowest BCUT2D eigenvalue weighted by Gasteiger charge is -2.05. The second-order valence-electron chi connectivity index (χ2n) is 3.46. The lowest BCUT2D eigenvalue weighted by molar-refractivity contribution is 0.139. The van der Waals surface area contributed by atoms with Gasteiger partial charge in [-0.05, 0) is 73.2 Å². The number of thiophene rings is 1. The van der Waals surface area contributed by atoms with Gasteiger partial charge in [-0.3, -0.25) is 0 Å². The molecular weight excluding hydrogens is 356 g/mol. The molecule has 86 valence electrons. The van der Waals surface area contributed by atoms with E-state index in [2.05, 4.69) is 43.3 Å². The van der Waals surface area contributed by atoms with Crippen LogP contribution in [-0.4, -0.2) is 5.11 Å². The lowest BCUT2D eigenvalue weighted by atomic mass is 10.1. The standard InChI is InChI=1S/C11H10Br2O2S/c12-8-5-10(15-11(8)13)9(14)2-1-7-3-4-16-6-7/h3-6,9,14H,1-2H2. The summed E-state index contributed by atoms with van der Waals surface area (Å²) < 4.78 is 6.82. The molecule has 5 heteroatoms. The maximum atomic E-state index is 9.93. The number of aliphatic hydroxyl groups is 1. The molecule has 2 aromatic heterocycles. The minimum Gasteiger partial charge on any atom is -0.450 e. The number of aliphatic hydroxyl groups excluding tert-OH is 1. The highest BCUT2D eigenvalue weighted by atomic mass is 79.9. The fourth-order valence-corrected chi connectivity index (χ4v) is 2.72. The van der Waals surface area contributed by atoms with E-state index in [1.165, 1.54) is 5.56 Å². The Bertz CT molecular complexity index is 431. The van der Waals surface area contributed by atoms with E-state index >= 15 is 0 Å². The Balaban J connectivity index is 1.95. The number of hydrogen-bond acceptors (Lipinski definition) is 3. The number of rotatable bonds is 4. The zero-order chi connectivity index (χ0) is 11.5. The fourth-order valence-electron chi connectivity index (χ4n) is 1.41. The van der Waals surface area contributed by atoms with E-state index in [1.54, 1.807) is 17.4 Å². The van der Waals surface area contributed by atoms with Gasteiger partial charge in [-0.2, -0.15) is 11.3 Å². The van der Waals surface area contributed by atoms with Crippen LogP contribution in [0, 0.1) is 0 Å². The summed E-state index contributed by atoms with van der Waals surface area (Å²) in [7, 11) is 0. The van der Waals surface area contributed by atoms with E-state index in [1.807, 2.05) is 5.38 Å². The van der Waals surface area contributed by atoms with Crippen molar-refractivity contribution in [1.82, 2.24) is 0 Å². The molecule has 0 saturated carbocycles. The molecule has 0 fully saturated rings. The first-order chi connectivity index (χ1) is 7.66. The Morgan fingerprint density at radius 1 is 1.44 bits per heavy atom. The molecule has 0 aliphatic carbocycles. The first-order valence-electron chi connectivity index (χ1n) is 4.80. The normalized spacial score (nSPS) is 12.9. The lowest BCUT2D eigenvalue weighted by Crippen LogP contribution is -1.97. The van der Waals surface area contributed by atoms with Crippen molar-refractivity contribution in [2.45, 2.75) is 18.9 Å². The number of aryl methyl sites for hydroxylation is 1. The van der Waals surface area contributed by atoms with E-state index in [0.29, 0.717) is 16.9 Å². The van der Waals surface area contributed by atoms with Gasteiger partial charge in [0.05, 0.1) is 4.47 Å². The Morgan fingerprint density at radius 3 is 2.81 bits per heavy atom. The van der Waals surface area contributed by atoms with Gasteiger partial charge in [0.15, 0.2) is 4.67 Å². The zero-order valence-corrected chi connectivity index (χ0v) is 12.3. The average Bonchev–Trinajstić information content (AvgIpc) is 2.86. The fraction of sp³-hybridized carbons (Fsp3) is 0.273. The smallest absolute Gasteiger partial charge is 0.183 e. The highest BCUT2D eigenvalue weighted by Crippen LogP contribution is 2.31. The highest BCUT2D eigenvalue weighted by Gasteiger charge is 2.14. The van der Waals surface area contributed by atoms with Gasteiger partial charge in [0.1, 0.15) is 11.9 Å². The summed E-state index contributed by atoms with van der Waals surface area (Å²) in [4.78, 5) is 0. The summed E-state index contributed by atoms with van der Waals surface area (Å²) in [6.07, 6.45) is 0.978. The second kappa shape index (κ2) is 5.49. The molecule has 2 nitrogen and oxygen atoms in total. The topological polar surface area (TPSA) is 33.4 Å². The van der Waals surface area contributed by atoms with Gasteiger partial charge < -0.3 is 9.52 Å². The molecule has 0 saturated heterocycles. The highest BCUT2D eigenvalue weighted by molar-refractivity contribution is 9.13. The van der Waals surface area contributed by atoms with Crippen molar-refractivity contribution in [2.24, 2.45) is 0 Å². The summed E-state index contributed by atoms with van der Waals surface area (Å²) in [5, 5.41) is 14.1. The van der Waals surface area contributed by atoms with Crippen molar-refractivity contribution in [1.29, 1.82) is 0 Å². The Labute approximate surface area is 115 Å². The van der Waals surface area contributed by atoms with E-state index < -0.39 is 6.10 Å². The molecule has 0 aliphatic heterocycles. The molecule has 2 rings (SSSR count). The van der Waals surface area contributed by atoms with Gasteiger partial charge in [-0.25, -0.2) is 0 Å². The van der Waals surface area contributed by atoms with Crippen LogP contribution < -0.4 is 0 Å². The monoisotopic (exact) mass is 364 g/mol. The maximum Gasteiger partial charge on any atom is 0.183 e. The molecule has 0 radical (unpaired) electrons. The van der Waals surface area contributed by atoms with Crippen LogP contribution in [0.25, 0.3) is 0 Å². The summed E-state index contributed by atoms with van der Waals surface area (Å²) in [6, 6.07) is 3.87. The Kier molecular flexibility index (Phi) is 4.24. The molecule has 1 N–H and O–H groups in total. The minimum atomic E-state index is -0.553. The third-order valence-corrected chi connectivity index (χ3v) is 4.72. The van der Waals surface area contributed by atoms with Crippen LogP contribution in [-0.2, 0) is 6.42 Å². The van der Waals surface area contributed by atoms with Gasteiger partial charge in [-0.15, -0.1) is 0 Å². The van der Waals surface area contributed by atoms with Gasteiger partial charge in [0, 0.05) is 0 Å². The predicted molar refractivity (Wildman–Crippen MR) is 71.7 cm³/mol. The van der Waals surface area contributed by atoms with Gasteiger partial charge in [0.25, 0.3) is 0 Å². The quantitative estimate of drug-likeness (QED) is 0.863. The Hall–Kier alpha value is -0.100. The number of furan rings is 1. The van der Waals surface area contributed by atoms with Crippen molar-refractivity contribution in [3.05, 3.63) is 43.4 Å². The minimum absolute atomic E-state index is 0.553. The van der Waals surface area contributed by atoms with Gasteiger partial charge in [-0.1, -0.05) is 0 Å². The van der Waals surface area contributed by atoms with Crippen LogP contribution in [0.1, 0.15) is 23.8 Å². The summed E-state index contributed by atoms with van der Waals surface area (Å²) in [6.45, 7) is 0. The van der Waals surface area contributed by atoms with Crippen LogP contribution in [0.4, 0.5) is 0 Å². The van der Waals surface area contributed by atoms with E-state index in [9.17, 15) is 5.11 Å². The molecule has 0 aromatic carbocycles. The van der Waals surface area contributed by atoms with Crippen molar-refractivity contribution in [3.63, 3.8) is 0 Å². The van der Waals surface area contributed by atoms with Crippen LogP contribution in [0.5, 0.6) is 0 Å². The molecule has 1 unspecified atom stereocenters. The SMILES string of the molecule is OC(CCc1ccsc1)c1cc(Br)c(Br)o1. The first kappa shape index (κ1) is 12.4. The molecule has 16 heavy (non-hydrogen) atoms. The van der Waals surface area contributed by atoms with E-state index in [-0.39, 0.29) is 0 Å². The first-order valence-corrected chi connectivity index (χ1v) is 7.33. The van der Waals surface area contributed by atoms with E-state index in [0.717, 1.165) is 10.9 Å². The third kappa shape index (κ3) is 2.97.